The molecule has 0 atom stereocenters. The first-order valence-electron chi connectivity index (χ1n) is 6.08. The molecule has 1 amide bonds. The molecule has 112 valence electrons. The number of carbonyl (C=O) groups excluding carboxylic acids is 1. The fourth-order valence-corrected chi connectivity index (χ4v) is 1.28. The van der Waals surface area contributed by atoms with Crippen LogP contribution in [0.2, 0.25) is 0 Å². The Morgan fingerprint density at radius 2 is 1.86 bits per heavy atom. The maximum absolute atomic E-state index is 11.7. The highest BCUT2D eigenvalue weighted by molar-refractivity contribution is 5.98. The van der Waals surface area contributed by atoms with E-state index in [9.17, 15) is 25.0 Å². The third-order valence-electron chi connectivity index (χ3n) is 2.15. The zero-order valence-electron chi connectivity index (χ0n) is 11.9. The molecular weight excluding hydrogens is 278 g/mol. The lowest BCUT2D eigenvalue weighted by Crippen LogP contribution is -2.24. The zero-order chi connectivity index (χ0) is 16.4. The van der Waals surface area contributed by atoms with E-state index in [4.69, 9.17) is 0 Å². The second-order valence-electron chi connectivity index (χ2n) is 3.33. The van der Waals surface area contributed by atoms with Crippen molar-refractivity contribution in [3.05, 3.63) is 44.0 Å². The molecule has 0 aliphatic rings. The molecule has 1 N–H and O–H groups in total. The van der Waals surface area contributed by atoms with Crippen molar-refractivity contribution in [3.8, 4) is 11.8 Å². The van der Waals surface area contributed by atoms with Crippen molar-refractivity contribution in [1.29, 1.82) is 0 Å². The van der Waals surface area contributed by atoms with E-state index in [2.05, 4.69) is 17.2 Å². The monoisotopic (exact) mass is 293 g/mol. The highest BCUT2D eigenvalue weighted by Gasteiger charge is 2.23. The lowest BCUT2D eigenvalue weighted by atomic mass is 10.1. The summed E-state index contributed by atoms with van der Waals surface area (Å²) in [4.78, 5) is 31.4. The molecule has 0 fully saturated rings. The standard InChI is InChI=1S/C11H9N3O5.C2H6/c1-2-3-6-12-11(15)9-5-4-8(13(16)17)7-10(9)14(18)19;1-2/h4-5,7H,6H2,1H3,(H,12,15);1-2H3. The molecule has 0 unspecified atom stereocenters. The number of nitrogens with zero attached hydrogens (tertiary/aromatic N) is 2. The predicted octanol–water partition coefficient (Wildman–Crippen LogP) is 2.28. The number of amides is 1. The second-order valence-corrected chi connectivity index (χ2v) is 3.33. The third kappa shape index (κ3) is 5.28. The second kappa shape index (κ2) is 9.03. The van der Waals surface area contributed by atoms with Crippen molar-refractivity contribution >= 4 is 17.3 Å². The van der Waals surface area contributed by atoms with Crippen LogP contribution in [-0.4, -0.2) is 22.3 Å². The van der Waals surface area contributed by atoms with Gasteiger partial charge in [0, 0.05) is 6.07 Å². The predicted molar refractivity (Wildman–Crippen MR) is 76.9 cm³/mol. The van der Waals surface area contributed by atoms with Crippen LogP contribution in [0.5, 0.6) is 0 Å². The van der Waals surface area contributed by atoms with Crippen LogP contribution in [0.3, 0.4) is 0 Å². The Kier molecular flexibility index (Phi) is 7.76. The zero-order valence-corrected chi connectivity index (χ0v) is 11.9. The van der Waals surface area contributed by atoms with Gasteiger partial charge in [-0.05, 0) is 13.0 Å². The van der Waals surface area contributed by atoms with Gasteiger partial charge in [0.2, 0.25) is 0 Å². The molecule has 1 aromatic rings. The number of benzene rings is 1. The molecule has 8 heteroatoms. The number of nitrogens with one attached hydrogen (secondary N) is 1. The van der Waals surface area contributed by atoms with Crippen LogP contribution in [0.4, 0.5) is 11.4 Å². The van der Waals surface area contributed by atoms with E-state index in [-0.39, 0.29) is 12.1 Å². The van der Waals surface area contributed by atoms with Gasteiger partial charge in [-0.3, -0.25) is 25.0 Å². The van der Waals surface area contributed by atoms with Crippen molar-refractivity contribution in [1.82, 2.24) is 5.32 Å². The molecule has 1 aromatic carbocycles. The van der Waals surface area contributed by atoms with Crippen LogP contribution >= 0.6 is 0 Å². The average Bonchev–Trinajstić information content (AvgIpc) is 2.48. The molecule has 0 bridgehead atoms. The minimum atomic E-state index is -0.840. The van der Waals surface area contributed by atoms with Gasteiger partial charge in [0.1, 0.15) is 5.56 Å². The lowest BCUT2D eigenvalue weighted by Gasteiger charge is -2.02. The number of hydrogen-bond donors (Lipinski definition) is 1. The topological polar surface area (TPSA) is 115 Å². The van der Waals surface area contributed by atoms with Crippen LogP contribution in [0.25, 0.3) is 0 Å². The highest BCUT2D eigenvalue weighted by atomic mass is 16.6. The molecule has 0 saturated heterocycles. The van der Waals surface area contributed by atoms with E-state index in [1.54, 1.807) is 6.92 Å². The van der Waals surface area contributed by atoms with Gasteiger partial charge >= 0.3 is 0 Å². The van der Waals surface area contributed by atoms with Gasteiger partial charge in [0.05, 0.1) is 22.5 Å². The first kappa shape index (κ1) is 18.0. The molecule has 0 heterocycles. The van der Waals surface area contributed by atoms with Crippen LogP contribution < -0.4 is 5.32 Å². The van der Waals surface area contributed by atoms with Gasteiger partial charge < -0.3 is 5.32 Å². The summed E-state index contributed by atoms with van der Waals surface area (Å²) in [6, 6.07) is 2.83. The van der Waals surface area contributed by atoms with Crippen LogP contribution in [0.1, 0.15) is 31.1 Å². The first-order valence-corrected chi connectivity index (χ1v) is 6.08. The molecule has 1 rings (SSSR count). The number of nitro groups is 2. The van der Waals surface area contributed by atoms with E-state index >= 15 is 0 Å². The van der Waals surface area contributed by atoms with Gasteiger partial charge in [-0.2, -0.15) is 0 Å². The Labute approximate surface area is 121 Å². The summed E-state index contributed by atoms with van der Waals surface area (Å²) in [5, 5.41) is 23.7. The molecule has 21 heavy (non-hydrogen) atoms. The molecular formula is C13H15N3O5. The fraction of sp³-hybridized carbons (Fsp3) is 0.308. The van der Waals surface area contributed by atoms with Gasteiger partial charge in [-0.1, -0.05) is 19.8 Å². The van der Waals surface area contributed by atoms with E-state index in [0.717, 1.165) is 18.2 Å². The summed E-state index contributed by atoms with van der Waals surface area (Å²) >= 11 is 0. The van der Waals surface area contributed by atoms with E-state index in [1.807, 2.05) is 13.8 Å². The van der Waals surface area contributed by atoms with Crippen molar-refractivity contribution in [3.63, 3.8) is 0 Å². The van der Waals surface area contributed by atoms with Crippen molar-refractivity contribution in [2.75, 3.05) is 6.54 Å². The number of non-ortho nitro benzene ring substituents is 1. The Bertz CT molecular complexity index is 602. The van der Waals surface area contributed by atoms with Gasteiger partial charge in [-0.25, -0.2) is 0 Å². The lowest BCUT2D eigenvalue weighted by molar-refractivity contribution is -0.394. The molecule has 0 spiro atoms. The molecule has 8 nitrogen and oxygen atoms in total. The minimum Gasteiger partial charge on any atom is -0.341 e. The minimum absolute atomic E-state index is 0.0451. The molecule has 0 aliphatic carbocycles. The van der Waals surface area contributed by atoms with E-state index in [0.29, 0.717) is 0 Å². The van der Waals surface area contributed by atoms with Crippen LogP contribution in [0.15, 0.2) is 18.2 Å². The molecule has 0 aliphatic heterocycles. The Morgan fingerprint density at radius 3 is 2.33 bits per heavy atom. The Hall–Kier alpha value is -2.95. The largest absolute Gasteiger partial charge is 0.341 e. The Morgan fingerprint density at radius 1 is 1.24 bits per heavy atom. The maximum atomic E-state index is 11.7. The van der Waals surface area contributed by atoms with Crippen LogP contribution in [-0.2, 0) is 0 Å². The van der Waals surface area contributed by atoms with E-state index < -0.39 is 27.1 Å². The molecule has 0 aromatic heterocycles. The average molecular weight is 293 g/mol. The van der Waals surface area contributed by atoms with Gasteiger partial charge in [-0.15, -0.1) is 5.92 Å². The highest BCUT2D eigenvalue weighted by Crippen LogP contribution is 2.24. The summed E-state index contributed by atoms with van der Waals surface area (Å²) in [7, 11) is 0. The number of rotatable bonds is 4. The number of nitro benzene ring substituents is 2. The summed E-state index contributed by atoms with van der Waals surface area (Å²) < 4.78 is 0. The SMILES string of the molecule is CC.CC#CCNC(=O)c1ccc([N+](=O)[O-])cc1[N+](=O)[O-]. The molecule has 0 saturated carbocycles. The quantitative estimate of drug-likeness (QED) is 0.519. The summed E-state index contributed by atoms with van der Waals surface area (Å²) in [6.45, 7) is 5.63. The summed E-state index contributed by atoms with van der Waals surface area (Å²) in [5.74, 6) is 4.41. The van der Waals surface area contributed by atoms with Gasteiger partial charge in [0.25, 0.3) is 17.3 Å². The van der Waals surface area contributed by atoms with Crippen molar-refractivity contribution in [2.45, 2.75) is 20.8 Å². The van der Waals surface area contributed by atoms with Crippen molar-refractivity contribution in [2.24, 2.45) is 0 Å². The maximum Gasteiger partial charge on any atom is 0.289 e. The molecule has 0 radical (unpaired) electrons. The fourth-order valence-electron chi connectivity index (χ4n) is 1.28. The number of carbonyl (C=O) groups is 1. The van der Waals surface area contributed by atoms with E-state index in [1.165, 1.54) is 0 Å². The summed E-state index contributed by atoms with van der Waals surface area (Å²) in [6.07, 6.45) is 0. The number of hydrogen-bond acceptors (Lipinski definition) is 5. The normalized spacial score (nSPS) is 8.52. The van der Waals surface area contributed by atoms with Gasteiger partial charge in [0.15, 0.2) is 0 Å². The smallest absolute Gasteiger partial charge is 0.289 e. The van der Waals surface area contributed by atoms with Crippen LogP contribution in [0, 0.1) is 32.1 Å². The third-order valence-corrected chi connectivity index (χ3v) is 2.15. The van der Waals surface area contributed by atoms with Crippen molar-refractivity contribution < 1.29 is 14.6 Å². The first-order chi connectivity index (χ1) is 9.97. The Balaban J connectivity index is 0.00000191. The summed E-state index contributed by atoms with van der Waals surface area (Å²) in [5.41, 5.74) is -1.30.